The maximum absolute atomic E-state index is 11.3. The third-order valence-corrected chi connectivity index (χ3v) is 2.36. The largest absolute Gasteiger partial charge is 0.378 e. The highest BCUT2D eigenvalue weighted by Crippen LogP contribution is 2.12. The normalized spacial score (nSPS) is 27.0. The lowest BCUT2D eigenvalue weighted by atomic mass is 10.0. The van der Waals surface area contributed by atoms with E-state index in [9.17, 15) is 4.79 Å². The summed E-state index contributed by atoms with van der Waals surface area (Å²) < 4.78 is 5.40. The third kappa shape index (κ3) is 3.96. The van der Waals surface area contributed by atoms with Crippen LogP contribution in [0.1, 0.15) is 33.1 Å². The molecule has 2 N–H and O–H groups in total. The molecule has 0 aromatic heterocycles. The molecule has 1 rings (SSSR count). The first-order valence-electron chi connectivity index (χ1n) is 5.38. The zero-order valence-electron chi connectivity index (χ0n) is 9.01. The molecule has 0 radical (unpaired) electrons. The smallest absolute Gasteiger partial charge is 0.315 e. The van der Waals surface area contributed by atoms with E-state index in [0.717, 1.165) is 32.4 Å². The predicted molar refractivity (Wildman–Crippen MR) is 55.3 cm³/mol. The minimum absolute atomic E-state index is 0.0500. The van der Waals surface area contributed by atoms with E-state index in [2.05, 4.69) is 10.6 Å². The van der Waals surface area contributed by atoms with Crippen molar-refractivity contribution in [1.82, 2.24) is 10.6 Å². The average Bonchev–Trinajstić information content (AvgIpc) is 2.15. The molecule has 0 aromatic carbocycles. The van der Waals surface area contributed by atoms with Gasteiger partial charge in [0, 0.05) is 19.2 Å². The van der Waals surface area contributed by atoms with Crippen LogP contribution in [0.3, 0.4) is 0 Å². The van der Waals surface area contributed by atoms with Crippen LogP contribution in [0.25, 0.3) is 0 Å². The SMILES string of the molecule is CCCNC(=O)NC1CCOC(C)C1. The summed E-state index contributed by atoms with van der Waals surface area (Å²) in [4.78, 5) is 11.3. The summed E-state index contributed by atoms with van der Waals surface area (Å²) in [5.74, 6) is 0. The fourth-order valence-corrected chi connectivity index (χ4v) is 1.60. The van der Waals surface area contributed by atoms with Crippen LogP contribution < -0.4 is 10.6 Å². The molecule has 2 unspecified atom stereocenters. The van der Waals surface area contributed by atoms with Crippen molar-refractivity contribution in [3.63, 3.8) is 0 Å². The molecular formula is C10H20N2O2. The van der Waals surface area contributed by atoms with E-state index < -0.39 is 0 Å². The van der Waals surface area contributed by atoms with Crippen LogP contribution in [0.15, 0.2) is 0 Å². The van der Waals surface area contributed by atoms with Gasteiger partial charge in [0.05, 0.1) is 6.10 Å². The van der Waals surface area contributed by atoms with Crippen molar-refractivity contribution in [2.75, 3.05) is 13.2 Å². The molecule has 2 atom stereocenters. The van der Waals surface area contributed by atoms with Crippen LogP contribution >= 0.6 is 0 Å². The van der Waals surface area contributed by atoms with Gasteiger partial charge in [0.15, 0.2) is 0 Å². The Kier molecular flexibility index (Phi) is 4.73. The monoisotopic (exact) mass is 200 g/mol. The highest BCUT2D eigenvalue weighted by atomic mass is 16.5. The number of hydrogen-bond acceptors (Lipinski definition) is 2. The van der Waals surface area contributed by atoms with Crippen LogP contribution in [0.4, 0.5) is 4.79 Å². The van der Waals surface area contributed by atoms with Gasteiger partial charge >= 0.3 is 6.03 Å². The minimum atomic E-state index is -0.0500. The zero-order valence-corrected chi connectivity index (χ0v) is 9.01. The van der Waals surface area contributed by atoms with Gasteiger partial charge in [-0.2, -0.15) is 0 Å². The van der Waals surface area contributed by atoms with Crippen LogP contribution in [-0.4, -0.2) is 31.3 Å². The lowest BCUT2D eigenvalue weighted by Crippen LogP contribution is -2.46. The molecule has 1 fully saturated rings. The third-order valence-electron chi connectivity index (χ3n) is 2.36. The molecule has 1 saturated heterocycles. The summed E-state index contributed by atoms with van der Waals surface area (Å²) >= 11 is 0. The van der Waals surface area contributed by atoms with Crippen molar-refractivity contribution < 1.29 is 9.53 Å². The van der Waals surface area contributed by atoms with Crippen LogP contribution in [0.5, 0.6) is 0 Å². The van der Waals surface area contributed by atoms with Gasteiger partial charge in [-0.25, -0.2) is 4.79 Å². The number of nitrogens with one attached hydrogen (secondary N) is 2. The lowest BCUT2D eigenvalue weighted by Gasteiger charge is -2.27. The van der Waals surface area contributed by atoms with Gasteiger partial charge in [0.25, 0.3) is 0 Å². The first kappa shape index (κ1) is 11.3. The number of hydrogen-bond donors (Lipinski definition) is 2. The number of urea groups is 1. The molecule has 14 heavy (non-hydrogen) atoms. The van der Waals surface area contributed by atoms with Gasteiger partial charge in [0.2, 0.25) is 0 Å². The van der Waals surface area contributed by atoms with Crippen molar-refractivity contribution in [1.29, 1.82) is 0 Å². The molecule has 82 valence electrons. The molecule has 0 aliphatic carbocycles. The van der Waals surface area contributed by atoms with Gasteiger partial charge in [-0.3, -0.25) is 0 Å². The van der Waals surface area contributed by atoms with Crippen LogP contribution in [0.2, 0.25) is 0 Å². The van der Waals surface area contributed by atoms with Crippen molar-refractivity contribution in [3.8, 4) is 0 Å². The molecule has 1 aliphatic rings. The number of carbonyl (C=O) groups is 1. The maximum Gasteiger partial charge on any atom is 0.315 e. The molecule has 4 heteroatoms. The topological polar surface area (TPSA) is 50.4 Å². The van der Waals surface area contributed by atoms with E-state index in [0.29, 0.717) is 0 Å². The van der Waals surface area contributed by atoms with Gasteiger partial charge < -0.3 is 15.4 Å². The first-order valence-corrected chi connectivity index (χ1v) is 5.38. The van der Waals surface area contributed by atoms with E-state index in [1.165, 1.54) is 0 Å². The van der Waals surface area contributed by atoms with Gasteiger partial charge in [-0.15, -0.1) is 0 Å². The molecular weight excluding hydrogens is 180 g/mol. The second-order valence-electron chi connectivity index (χ2n) is 3.80. The molecule has 0 saturated carbocycles. The Morgan fingerprint density at radius 2 is 2.36 bits per heavy atom. The van der Waals surface area contributed by atoms with E-state index in [1.807, 2.05) is 13.8 Å². The Morgan fingerprint density at radius 1 is 1.57 bits per heavy atom. The van der Waals surface area contributed by atoms with Gasteiger partial charge in [-0.1, -0.05) is 6.92 Å². The van der Waals surface area contributed by atoms with Crippen molar-refractivity contribution >= 4 is 6.03 Å². The summed E-state index contributed by atoms with van der Waals surface area (Å²) in [5.41, 5.74) is 0. The molecule has 0 aromatic rings. The fourth-order valence-electron chi connectivity index (χ4n) is 1.60. The highest BCUT2D eigenvalue weighted by Gasteiger charge is 2.20. The van der Waals surface area contributed by atoms with Crippen molar-refractivity contribution in [3.05, 3.63) is 0 Å². The molecule has 1 heterocycles. The quantitative estimate of drug-likeness (QED) is 0.720. The molecule has 0 spiro atoms. The Morgan fingerprint density at radius 3 is 3.00 bits per heavy atom. The number of carbonyl (C=O) groups excluding carboxylic acids is 1. The second-order valence-corrected chi connectivity index (χ2v) is 3.80. The number of rotatable bonds is 3. The molecule has 4 nitrogen and oxygen atoms in total. The van der Waals surface area contributed by atoms with Gasteiger partial charge in [0.1, 0.15) is 0 Å². The Labute approximate surface area is 85.4 Å². The standard InChI is InChI=1S/C10H20N2O2/c1-3-5-11-10(13)12-9-4-6-14-8(2)7-9/h8-9H,3-7H2,1-2H3,(H2,11,12,13). The summed E-state index contributed by atoms with van der Waals surface area (Å²) in [6, 6.07) is 0.224. The van der Waals surface area contributed by atoms with E-state index in [1.54, 1.807) is 0 Å². The van der Waals surface area contributed by atoms with E-state index in [-0.39, 0.29) is 18.2 Å². The summed E-state index contributed by atoms with van der Waals surface area (Å²) in [6.45, 7) is 5.57. The summed E-state index contributed by atoms with van der Waals surface area (Å²) in [6.07, 6.45) is 3.07. The fraction of sp³-hybridized carbons (Fsp3) is 0.900. The minimum Gasteiger partial charge on any atom is -0.378 e. The Bertz CT molecular complexity index is 185. The average molecular weight is 200 g/mol. The highest BCUT2D eigenvalue weighted by molar-refractivity contribution is 5.74. The van der Waals surface area contributed by atoms with Crippen LogP contribution in [-0.2, 0) is 4.74 Å². The van der Waals surface area contributed by atoms with Crippen molar-refractivity contribution in [2.45, 2.75) is 45.3 Å². The second kappa shape index (κ2) is 5.86. The number of ether oxygens (including phenoxy) is 1. The van der Waals surface area contributed by atoms with Crippen molar-refractivity contribution in [2.24, 2.45) is 0 Å². The predicted octanol–water partition coefficient (Wildman–Crippen LogP) is 1.26. The number of amides is 2. The molecule has 0 bridgehead atoms. The zero-order chi connectivity index (χ0) is 10.4. The summed E-state index contributed by atoms with van der Waals surface area (Å²) in [5, 5.41) is 5.76. The van der Waals surface area contributed by atoms with E-state index >= 15 is 0 Å². The molecule has 1 aliphatic heterocycles. The van der Waals surface area contributed by atoms with Gasteiger partial charge in [-0.05, 0) is 26.2 Å². The lowest BCUT2D eigenvalue weighted by molar-refractivity contribution is 0.0154. The van der Waals surface area contributed by atoms with E-state index in [4.69, 9.17) is 4.74 Å². The molecule has 2 amide bonds. The summed E-state index contributed by atoms with van der Waals surface area (Å²) in [7, 11) is 0. The van der Waals surface area contributed by atoms with Crippen LogP contribution in [0, 0.1) is 0 Å². The maximum atomic E-state index is 11.3. The Balaban J connectivity index is 2.18. The Hall–Kier alpha value is -0.770. The first-order chi connectivity index (χ1) is 6.72.